The lowest BCUT2D eigenvalue weighted by Gasteiger charge is -2.26. The molecule has 0 bridgehead atoms. The molecule has 3 fully saturated rings. The Kier molecular flexibility index (Phi) is 5.97. The van der Waals surface area contributed by atoms with E-state index < -0.39 is 6.04 Å². The third kappa shape index (κ3) is 4.69. The molecule has 4 aromatic heterocycles. The number of anilines is 1. The van der Waals surface area contributed by atoms with Gasteiger partial charge in [0.2, 0.25) is 11.8 Å². The average Bonchev–Trinajstić information content (AvgIpc) is 3.87. The van der Waals surface area contributed by atoms with Gasteiger partial charge in [0.05, 0.1) is 11.2 Å². The van der Waals surface area contributed by atoms with Crippen molar-refractivity contribution in [1.82, 2.24) is 34.3 Å². The van der Waals surface area contributed by atoms with Crippen LogP contribution in [0.5, 0.6) is 0 Å². The van der Waals surface area contributed by atoms with Crippen LogP contribution in [-0.2, 0) is 16.1 Å². The van der Waals surface area contributed by atoms with Crippen molar-refractivity contribution < 1.29 is 14.4 Å². The molecule has 2 saturated carbocycles. The minimum atomic E-state index is -0.581. The van der Waals surface area contributed by atoms with E-state index in [0.29, 0.717) is 45.3 Å². The summed E-state index contributed by atoms with van der Waals surface area (Å²) in [6, 6.07) is 12.5. The topological polar surface area (TPSA) is 127 Å². The fourth-order valence-electron chi connectivity index (χ4n) is 6.31. The molecule has 0 radical (unpaired) electrons. The molecular weight excluding hydrogens is 612 g/mol. The monoisotopic (exact) mass is 638 g/mol. The van der Waals surface area contributed by atoms with E-state index in [9.17, 15) is 14.4 Å². The highest BCUT2D eigenvalue weighted by atomic mass is 79.9. The molecule has 2 amide bonds. The van der Waals surface area contributed by atoms with E-state index in [4.69, 9.17) is 5.10 Å². The number of aromatic nitrogens is 6. The van der Waals surface area contributed by atoms with Gasteiger partial charge in [0.1, 0.15) is 28.7 Å². The van der Waals surface area contributed by atoms with E-state index >= 15 is 0 Å². The van der Waals surface area contributed by atoms with Crippen molar-refractivity contribution in [3.05, 3.63) is 70.8 Å². The zero-order chi connectivity index (χ0) is 29.4. The second kappa shape index (κ2) is 9.80. The fraction of sp³-hybridized carbons (Fsp3) is 0.323. The smallest absolute Gasteiger partial charge is 0.248 e. The third-order valence-corrected chi connectivity index (χ3v) is 9.13. The van der Waals surface area contributed by atoms with Crippen LogP contribution in [0.25, 0.3) is 27.7 Å². The normalized spacial score (nSPS) is 20.9. The number of pyridine rings is 1. The molecule has 12 heteroatoms. The summed E-state index contributed by atoms with van der Waals surface area (Å²) in [4.78, 5) is 50.2. The van der Waals surface area contributed by atoms with Gasteiger partial charge in [0.25, 0.3) is 0 Å². The number of benzene rings is 1. The highest BCUT2D eigenvalue weighted by Crippen LogP contribution is 2.48. The van der Waals surface area contributed by atoms with Gasteiger partial charge in [-0.05, 0) is 77.4 Å². The Balaban J connectivity index is 1.07. The van der Waals surface area contributed by atoms with Crippen LogP contribution in [0.15, 0.2) is 59.5 Å². The highest BCUT2D eigenvalue weighted by molar-refractivity contribution is 9.10. The lowest BCUT2D eigenvalue weighted by molar-refractivity contribution is -0.138. The Morgan fingerprint density at radius 3 is 2.70 bits per heavy atom. The Bertz CT molecular complexity index is 1980. The van der Waals surface area contributed by atoms with Crippen molar-refractivity contribution in [1.29, 1.82) is 0 Å². The molecule has 2 aliphatic carbocycles. The predicted octanol–water partition coefficient (Wildman–Crippen LogP) is 4.61. The predicted molar refractivity (Wildman–Crippen MR) is 161 cm³/mol. The summed E-state index contributed by atoms with van der Waals surface area (Å²) in [5, 5.41) is 12.8. The zero-order valence-corrected chi connectivity index (χ0v) is 24.9. The fourth-order valence-corrected chi connectivity index (χ4v) is 6.65. The molecule has 43 heavy (non-hydrogen) atoms. The quantitative estimate of drug-likeness (QED) is 0.204. The number of carbonyl (C=O) groups excluding carboxylic acids is 3. The van der Waals surface area contributed by atoms with Gasteiger partial charge in [0.15, 0.2) is 11.4 Å². The van der Waals surface area contributed by atoms with Crippen LogP contribution in [0.3, 0.4) is 0 Å². The molecule has 1 aromatic carbocycles. The highest BCUT2D eigenvalue weighted by Gasteiger charge is 2.56. The number of amides is 2. The van der Waals surface area contributed by atoms with Crippen LogP contribution >= 0.6 is 15.9 Å². The van der Waals surface area contributed by atoms with E-state index in [1.54, 1.807) is 27.8 Å². The average molecular weight is 640 g/mol. The number of nitrogens with one attached hydrogen (secondary N) is 1. The first-order valence-corrected chi connectivity index (χ1v) is 15.2. The number of likely N-dealkylation sites (tertiary alicyclic amines) is 1. The van der Waals surface area contributed by atoms with E-state index in [1.807, 2.05) is 41.2 Å². The minimum absolute atomic E-state index is 0.0459. The summed E-state index contributed by atoms with van der Waals surface area (Å²) in [5.74, 6) is 0.643. The van der Waals surface area contributed by atoms with Crippen molar-refractivity contribution in [2.75, 3.05) is 5.32 Å². The summed E-state index contributed by atoms with van der Waals surface area (Å²) < 4.78 is 4.00. The Morgan fingerprint density at radius 2 is 1.91 bits per heavy atom. The van der Waals surface area contributed by atoms with E-state index in [0.717, 1.165) is 28.9 Å². The Morgan fingerprint density at radius 1 is 1.05 bits per heavy atom. The maximum Gasteiger partial charge on any atom is 0.248 e. The molecule has 1 aliphatic heterocycles. The van der Waals surface area contributed by atoms with Gasteiger partial charge in [0, 0.05) is 48.3 Å². The second-order valence-corrected chi connectivity index (χ2v) is 12.5. The van der Waals surface area contributed by atoms with Crippen LogP contribution in [0.1, 0.15) is 54.7 Å². The number of fused-ring (bicyclic) bond motifs is 3. The van der Waals surface area contributed by atoms with Crippen LogP contribution in [-0.4, -0.2) is 63.9 Å². The summed E-state index contributed by atoms with van der Waals surface area (Å²) >= 11 is 3.32. The van der Waals surface area contributed by atoms with Crippen molar-refractivity contribution in [3.63, 3.8) is 0 Å². The number of rotatable bonds is 7. The lowest BCUT2D eigenvalue weighted by atomic mass is 10.0. The van der Waals surface area contributed by atoms with Gasteiger partial charge in [-0.15, -0.1) is 0 Å². The second-order valence-electron chi connectivity index (χ2n) is 11.7. The molecule has 8 rings (SSSR count). The molecular formula is C31H27BrN8O3. The molecule has 5 heterocycles. The zero-order valence-electron chi connectivity index (χ0n) is 23.3. The standard InChI is InChI=1S/C31H27BrN8O3/c1-16(41)30-21-9-18(20-13-33-28-12-22(17-5-6-17)36-39(28)14-20)7-8-23(21)38(37-30)15-29(42)40-24-10-19(24)11-25(40)31(43)35-27-4-2-3-26(32)34-27/h2-4,7-9,12-14,17,19,24-25H,5-6,10-11,15H2,1H3,(H,34,35,43)/t19-,24?,25+/m1/s1. The molecule has 1 unspecified atom stereocenters. The SMILES string of the molecule is CC(=O)c1nn(CC(=O)N2C3C[C@@H]3C[C@H]2C(=O)Nc2cccc(Br)n2)c2ccc(-c3cnc4cc(C5CC5)nn4c3)cc12. The van der Waals surface area contributed by atoms with Crippen LogP contribution in [0.2, 0.25) is 0 Å². The largest absolute Gasteiger partial charge is 0.326 e. The van der Waals surface area contributed by atoms with E-state index in [1.165, 1.54) is 19.8 Å². The molecule has 5 aromatic rings. The number of nitrogens with zero attached hydrogens (tertiary/aromatic N) is 7. The van der Waals surface area contributed by atoms with Gasteiger partial charge in [-0.25, -0.2) is 14.5 Å². The molecule has 1 saturated heterocycles. The van der Waals surface area contributed by atoms with E-state index in [2.05, 4.69) is 36.3 Å². The maximum atomic E-state index is 13.7. The van der Waals surface area contributed by atoms with Gasteiger partial charge >= 0.3 is 0 Å². The van der Waals surface area contributed by atoms with Crippen molar-refractivity contribution in [2.45, 2.75) is 57.2 Å². The summed E-state index contributed by atoms with van der Waals surface area (Å²) in [5.41, 5.74) is 4.60. The first-order valence-electron chi connectivity index (χ1n) is 14.4. The number of halogens is 1. The summed E-state index contributed by atoms with van der Waals surface area (Å²) in [6.07, 6.45) is 7.61. The third-order valence-electron chi connectivity index (χ3n) is 8.69. The number of ketones is 1. The van der Waals surface area contributed by atoms with Crippen LogP contribution < -0.4 is 5.32 Å². The minimum Gasteiger partial charge on any atom is -0.326 e. The maximum absolute atomic E-state index is 13.7. The van der Waals surface area contributed by atoms with Crippen LogP contribution in [0, 0.1) is 5.92 Å². The lowest BCUT2D eigenvalue weighted by Crippen LogP contribution is -2.46. The van der Waals surface area contributed by atoms with E-state index in [-0.39, 0.29) is 30.2 Å². The number of piperidine rings is 1. The molecule has 11 nitrogen and oxygen atoms in total. The molecule has 216 valence electrons. The number of carbonyl (C=O) groups is 3. The number of hydrogen-bond acceptors (Lipinski definition) is 7. The van der Waals surface area contributed by atoms with Crippen LogP contribution in [0.4, 0.5) is 5.82 Å². The molecule has 1 N–H and O–H groups in total. The molecule has 3 atom stereocenters. The summed E-state index contributed by atoms with van der Waals surface area (Å²) in [6.45, 7) is 1.40. The van der Waals surface area contributed by atoms with Crippen molar-refractivity contribution in [2.24, 2.45) is 5.92 Å². The molecule has 0 spiro atoms. The molecule has 3 aliphatic rings. The number of hydrogen-bond donors (Lipinski definition) is 1. The Labute approximate surface area is 254 Å². The van der Waals surface area contributed by atoms with Crippen molar-refractivity contribution >= 4 is 55.9 Å². The Hall–Kier alpha value is -4.45. The number of Topliss-reactive ketones (excluding diaryl/α,β-unsaturated/α-hetero) is 1. The first kappa shape index (κ1) is 26.2. The van der Waals surface area contributed by atoms with Gasteiger partial charge in [-0.2, -0.15) is 10.2 Å². The van der Waals surface area contributed by atoms with Gasteiger partial charge < -0.3 is 10.2 Å². The van der Waals surface area contributed by atoms with Gasteiger partial charge in [-0.1, -0.05) is 12.1 Å². The first-order chi connectivity index (χ1) is 20.8. The van der Waals surface area contributed by atoms with Crippen molar-refractivity contribution in [3.8, 4) is 11.1 Å². The summed E-state index contributed by atoms with van der Waals surface area (Å²) in [7, 11) is 0. The van der Waals surface area contributed by atoms with Gasteiger partial charge in [-0.3, -0.25) is 19.1 Å².